The van der Waals surface area contributed by atoms with E-state index in [1.54, 1.807) is 30.3 Å². The molecule has 0 bridgehead atoms. The highest BCUT2D eigenvalue weighted by Gasteiger charge is 2.37. The quantitative estimate of drug-likeness (QED) is 0.469. The third kappa shape index (κ3) is 5.15. The molecule has 3 rings (SSSR count). The lowest BCUT2D eigenvalue weighted by atomic mass is 9.97. The van der Waals surface area contributed by atoms with Crippen LogP contribution in [0.4, 0.5) is 0 Å². The van der Waals surface area contributed by atoms with Gasteiger partial charge in [0.1, 0.15) is 10.8 Å². The Morgan fingerprint density at radius 3 is 2.56 bits per heavy atom. The number of para-hydroxylation sites is 1. The van der Waals surface area contributed by atoms with Gasteiger partial charge in [-0.15, -0.1) is 0 Å². The number of hydrogen-bond acceptors (Lipinski definition) is 5. The molecular weight excluding hydrogens is 381 g/mol. The fourth-order valence-corrected chi connectivity index (χ4v) is 4.96. The Balaban J connectivity index is 1.72. The summed E-state index contributed by atoms with van der Waals surface area (Å²) in [6.07, 6.45) is -0.136. The highest BCUT2D eigenvalue weighted by atomic mass is 32.2. The van der Waals surface area contributed by atoms with Crippen LogP contribution in [0, 0.1) is 0 Å². The first kappa shape index (κ1) is 19.5. The van der Waals surface area contributed by atoms with Crippen molar-refractivity contribution in [1.82, 2.24) is 4.98 Å². The summed E-state index contributed by atoms with van der Waals surface area (Å²) in [5, 5.41) is 21.6. The van der Waals surface area contributed by atoms with Gasteiger partial charge in [0.25, 0.3) is 0 Å². The average molecular weight is 399 g/mol. The predicted molar refractivity (Wildman–Crippen MR) is 108 cm³/mol. The van der Waals surface area contributed by atoms with E-state index in [0.29, 0.717) is 10.6 Å². The molecule has 0 radical (unpaired) electrons. The number of hydrogen-bond donors (Lipinski definition) is 2. The van der Waals surface area contributed by atoms with Gasteiger partial charge in [-0.05, 0) is 17.7 Å². The number of carbonyl (C=O) groups is 1. The van der Waals surface area contributed by atoms with Crippen LogP contribution in [0.3, 0.4) is 0 Å². The molecule has 2 atom stereocenters. The van der Waals surface area contributed by atoms with E-state index in [9.17, 15) is 19.9 Å². The minimum absolute atomic E-state index is 0.136. The molecule has 1 heterocycles. The maximum atomic E-state index is 12.4. The molecule has 1 aromatic heterocycles. The molecule has 7 heteroatoms. The van der Waals surface area contributed by atoms with Crippen molar-refractivity contribution in [3.8, 4) is 0 Å². The van der Waals surface area contributed by atoms with Gasteiger partial charge in [-0.25, -0.2) is 9.78 Å². The number of fused-ring (bicyclic) bond motifs is 1. The van der Waals surface area contributed by atoms with E-state index in [-0.39, 0.29) is 11.9 Å². The maximum Gasteiger partial charge on any atom is 0.344 e. The number of thioether (sulfide) groups is 1. The van der Waals surface area contributed by atoms with Crippen molar-refractivity contribution in [2.24, 2.45) is 0 Å². The van der Waals surface area contributed by atoms with Gasteiger partial charge in [-0.1, -0.05) is 66.4 Å². The molecule has 0 fully saturated rings. The van der Waals surface area contributed by atoms with E-state index in [1.807, 2.05) is 36.4 Å². The first-order chi connectivity index (χ1) is 13.0. The highest BCUT2D eigenvalue weighted by Crippen LogP contribution is 2.28. The number of nitrogens with zero attached hydrogens (tertiary/aromatic N) is 1. The van der Waals surface area contributed by atoms with Crippen LogP contribution in [0.5, 0.6) is 0 Å². The van der Waals surface area contributed by atoms with Gasteiger partial charge >= 0.3 is 5.97 Å². The number of benzene rings is 2. The minimum atomic E-state index is -2.17. The van der Waals surface area contributed by atoms with E-state index in [4.69, 9.17) is 0 Å². The summed E-state index contributed by atoms with van der Waals surface area (Å²) in [5.74, 6) is -0.380. The fourth-order valence-electron chi connectivity index (χ4n) is 2.62. The Labute approximate surface area is 162 Å². The van der Waals surface area contributed by atoms with Crippen molar-refractivity contribution in [1.29, 1.82) is 0 Å². The molecule has 27 heavy (non-hydrogen) atoms. The molecule has 0 aliphatic heterocycles. The van der Waals surface area contributed by atoms with E-state index >= 15 is 0 Å². The molecular formula is C20H18NO4PS. The number of aromatic nitrogens is 1. The van der Waals surface area contributed by atoms with Gasteiger partial charge in [0, 0.05) is 11.8 Å². The zero-order valence-electron chi connectivity index (χ0n) is 14.4. The third-order valence-electron chi connectivity index (χ3n) is 3.96. The molecule has 0 amide bonds. The van der Waals surface area contributed by atoms with Gasteiger partial charge in [-0.3, -0.25) is 0 Å². The van der Waals surface area contributed by atoms with Crippen molar-refractivity contribution in [3.05, 3.63) is 72.3 Å². The topological polar surface area (TPSA) is 93.5 Å². The minimum Gasteiger partial charge on any atom is -0.630 e. The monoisotopic (exact) mass is 399 g/mol. The van der Waals surface area contributed by atoms with Crippen LogP contribution in [0.15, 0.2) is 71.8 Å². The molecule has 3 aromatic rings. The Bertz CT molecular complexity index is 980. The zero-order chi connectivity index (χ0) is 19.3. The van der Waals surface area contributed by atoms with Crippen LogP contribution in [-0.2, 0) is 11.2 Å². The third-order valence-corrected chi connectivity index (χ3v) is 6.73. The lowest BCUT2D eigenvalue weighted by Crippen LogP contribution is -2.42. The van der Waals surface area contributed by atoms with Crippen LogP contribution in [0.1, 0.15) is 5.56 Å². The Morgan fingerprint density at radius 2 is 1.81 bits per heavy atom. The molecule has 2 unspecified atom stereocenters. The number of aliphatic hydroxyl groups is 1. The number of carboxylic acids is 1. The van der Waals surface area contributed by atoms with Crippen LogP contribution in [-0.4, -0.2) is 38.1 Å². The van der Waals surface area contributed by atoms with E-state index < -0.39 is 19.3 Å². The summed E-state index contributed by atoms with van der Waals surface area (Å²) in [7, 11) is -2.05. The van der Waals surface area contributed by atoms with Crippen molar-refractivity contribution in [3.63, 3.8) is 0 Å². The number of carboxylic acid groups (broad SMARTS) is 1. The van der Waals surface area contributed by atoms with Crippen LogP contribution in [0.2, 0.25) is 0 Å². The van der Waals surface area contributed by atoms with E-state index in [1.165, 1.54) is 11.8 Å². The number of rotatable bonds is 7. The highest BCUT2D eigenvalue weighted by molar-refractivity contribution is 8.04. The van der Waals surface area contributed by atoms with Gasteiger partial charge < -0.3 is 15.1 Å². The normalized spacial score (nSPS) is 14.1. The Kier molecular flexibility index (Phi) is 6.24. The molecule has 0 aliphatic rings. The smallest absolute Gasteiger partial charge is 0.344 e. The lowest BCUT2D eigenvalue weighted by molar-refractivity contribution is -0.155. The first-order valence-electron chi connectivity index (χ1n) is 8.24. The largest absolute Gasteiger partial charge is 0.630 e. The van der Waals surface area contributed by atoms with Crippen LogP contribution < -0.4 is 4.89 Å². The summed E-state index contributed by atoms with van der Waals surface area (Å²) >= 11 is 1.27. The van der Waals surface area contributed by atoms with Crippen molar-refractivity contribution < 1.29 is 19.9 Å². The lowest BCUT2D eigenvalue weighted by Gasteiger charge is -2.18. The second-order valence-corrected chi connectivity index (χ2v) is 8.89. The average Bonchev–Trinajstić information content (AvgIpc) is 2.67. The van der Waals surface area contributed by atoms with Crippen LogP contribution >= 0.6 is 19.5 Å². The van der Waals surface area contributed by atoms with Crippen molar-refractivity contribution >= 4 is 42.2 Å². The van der Waals surface area contributed by atoms with E-state index in [2.05, 4.69) is 4.98 Å². The van der Waals surface area contributed by atoms with Gasteiger partial charge in [0.05, 0.1) is 13.3 Å². The van der Waals surface area contributed by atoms with Gasteiger partial charge in [-0.2, -0.15) is 0 Å². The van der Waals surface area contributed by atoms with Gasteiger partial charge in [0.2, 0.25) is 5.60 Å². The van der Waals surface area contributed by atoms with Gasteiger partial charge in [0.15, 0.2) is 5.49 Å². The van der Waals surface area contributed by atoms with Crippen molar-refractivity contribution in [2.45, 2.75) is 17.0 Å². The summed E-state index contributed by atoms with van der Waals surface area (Å²) in [6, 6.07) is 20.2. The second kappa shape index (κ2) is 8.63. The van der Waals surface area contributed by atoms with Crippen LogP contribution in [0.25, 0.3) is 10.9 Å². The predicted octanol–water partition coefficient (Wildman–Crippen LogP) is 2.90. The Hall–Kier alpha value is -2.24. The molecule has 0 saturated heterocycles. The molecule has 2 aromatic carbocycles. The molecule has 0 saturated carbocycles. The molecule has 5 nitrogen and oxygen atoms in total. The summed E-state index contributed by atoms with van der Waals surface area (Å²) in [6.45, 7) is 0. The first-order valence-corrected chi connectivity index (χ1v) is 10.7. The molecule has 0 aliphatic carbocycles. The molecule has 0 spiro atoms. The van der Waals surface area contributed by atoms with E-state index in [0.717, 1.165) is 16.7 Å². The maximum absolute atomic E-state index is 12.4. The number of pyridine rings is 1. The molecule has 138 valence electrons. The SMILES string of the molecule is O=C(O)C(O)(C=[P+]([O-])CSc1ccc2ccccc2n1)Cc1ccccc1. The Morgan fingerprint density at radius 1 is 1.11 bits per heavy atom. The van der Waals surface area contributed by atoms with Crippen molar-refractivity contribution in [2.75, 3.05) is 5.49 Å². The second-order valence-electron chi connectivity index (χ2n) is 6.05. The zero-order valence-corrected chi connectivity index (χ0v) is 16.1. The standard InChI is InChI=1S/C20H18NO4PS/c22-19(23)20(24,12-15-6-2-1-3-7-15)13-26(25)14-27-18-11-10-16-8-4-5-9-17(16)21-18/h1-11,13,24H,12,14H2,(H,22,23). The summed E-state index contributed by atoms with van der Waals surface area (Å²) < 4.78 is 0. The molecule has 2 N–H and O–H groups in total. The summed E-state index contributed by atoms with van der Waals surface area (Å²) in [5.41, 5.74) is -0.532. The summed E-state index contributed by atoms with van der Waals surface area (Å²) in [4.78, 5) is 28.5. The number of aliphatic carboxylic acids is 1. The fraction of sp³-hybridized carbons (Fsp3) is 0.150.